The highest BCUT2D eigenvalue weighted by Crippen LogP contribution is 2.12. The summed E-state index contributed by atoms with van der Waals surface area (Å²) < 4.78 is 5.13. The Labute approximate surface area is 118 Å². The third kappa shape index (κ3) is 4.19. The van der Waals surface area contributed by atoms with Crippen LogP contribution in [0.5, 0.6) is 0 Å². The highest BCUT2D eigenvalue weighted by atomic mass is 16.5. The Kier molecular flexibility index (Phi) is 4.87. The van der Waals surface area contributed by atoms with E-state index in [9.17, 15) is 4.79 Å². The molecule has 1 aromatic carbocycles. The lowest BCUT2D eigenvalue weighted by molar-refractivity contribution is -0.116. The zero-order valence-electron chi connectivity index (χ0n) is 11.8. The molecule has 20 heavy (non-hydrogen) atoms. The van der Waals surface area contributed by atoms with Gasteiger partial charge in [-0.25, -0.2) is 0 Å². The molecular formula is C15H19N3O2. The van der Waals surface area contributed by atoms with E-state index in [4.69, 9.17) is 4.52 Å². The smallest absolute Gasteiger partial charge is 0.226 e. The highest BCUT2D eigenvalue weighted by molar-refractivity contribution is 5.90. The normalized spacial score (nSPS) is 10.8. The molecule has 5 heteroatoms. The van der Waals surface area contributed by atoms with Gasteiger partial charge in [-0.1, -0.05) is 37.2 Å². The van der Waals surface area contributed by atoms with Crippen LogP contribution in [0.25, 0.3) is 0 Å². The average molecular weight is 273 g/mol. The summed E-state index contributed by atoms with van der Waals surface area (Å²) in [4.78, 5) is 16.0. The highest BCUT2D eigenvalue weighted by Gasteiger charge is 2.10. The van der Waals surface area contributed by atoms with E-state index >= 15 is 0 Å². The molecule has 2 rings (SSSR count). The Hall–Kier alpha value is -2.17. The average Bonchev–Trinajstić information content (AvgIpc) is 2.89. The van der Waals surface area contributed by atoms with Gasteiger partial charge in [-0.05, 0) is 18.6 Å². The molecule has 0 fully saturated rings. The topological polar surface area (TPSA) is 68.0 Å². The van der Waals surface area contributed by atoms with Gasteiger partial charge in [0.25, 0.3) is 0 Å². The number of amides is 1. The molecule has 1 heterocycles. The largest absolute Gasteiger partial charge is 0.339 e. The van der Waals surface area contributed by atoms with Crippen LogP contribution in [0.1, 0.15) is 44.3 Å². The Bertz CT molecular complexity index is 549. The van der Waals surface area contributed by atoms with E-state index in [2.05, 4.69) is 15.5 Å². The van der Waals surface area contributed by atoms with E-state index in [1.807, 2.05) is 44.2 Å². The number of hydrogen-bond acceptors (Lipinski definition) is 4. The monoisotopic (exact) mass is 273 g/mol. The number of carbonyl (C=O) groups excluding carboxylic acids is 1. The zero-order chi connectivity index (χ0) is 14.4. The van der Waals surface area contributed by atoms with Gasteiger partial charge in [0, 0.05) is 24.4 Å². The minimum atomic E-state index is -0.000187. The quantitative estimate of drug-likeness (QED) is 0.877. The molecule has 0 saturated carbocycles. The van der Waals surface area contributed by atoms with E-state index < -0.39 is 0 Å². The summed E-state index contributed by atoms with van der Waals surface area (Å²) in [6.07, 6.45) is 1.76. The first-order valence-corrected chi connectivity index (χ1v) is 6.82. The summed E-state index contributed by atoms with van der Waals surface area (Å²) >= 11 is 0. The van der Waals surface area contributed by atoms with E-state index in [0.29, 0.717) is 31.0 Å². The van der Waals surface area contributed by atoms with Gasteiger partial charge in [0.05, 0.1) is 0 Å². The minimum Gasteiger partial charge on any atom is -0.339 e. The van der Waals surface area contributed by atoms with Crippen molar-refractivity contribution in [3.05, 3.63) is 42.0 Å². The summed E-state index contributed by atoms with van der Waals surface area (Å²) in [5.41, 5.74) is 0.817. The van der Waals surface area contributed by atoms with Crippen molar-refractivity contribution in [1.29, 1.82) is 0 Å². The molecule has 0 bridgehead atoms. The number of anilines is 1. The zero-order valence-corrected chi connectivity index (χ0v) is 11.8. The molecule has 5 nitrogen and oxygen atoms in total. The fourth-order valence-electron chi connectivity index (χ4n) is 1.75. The predicted molar refractivity (Wildman–Crippen MR) is 76.4 cm³/mol. The van der Waals surface area contributed by atoms with Crippen LogP contribution < -0.4 is 5.32 Å². The van der Waals surface area contributed by atoms with Crippen molar-refractivity contribution in [3.63, 3.8) is 0 Å². The van der Waals surface area contributed by atoms with Crippen LogP contribution in [0.2, 0.25) is 0 Å². The van der Waals surface area contributed by atoms with Crippen molar-refractivity contribution in [3.8, 4) is 0 Å². The van der Waals surface area contributed by atoms with Gasteiger partial charge in [-0.15, -0.1) is 0 Å². The minimum absolute atomic E-state index is 0.000187. The molecule has 0 spiro atoms. The lowest BCUT2D eigenvalue weighted by Crippen LogP contribution is -2.11. The van der Waals surface area contributed by atoms with Crippen molar-refractivity contribution in [2.45, 2.75) is 39.0 Å². The van der Waals surface area contributed by atoms with Gasteiger partial charge in [0.15, 0.2) is 5.82 Å². The van der Waals surface area contributed by atoms with Crippen LogP contribution in [0, 0.1) is 0 Å². The molecule has 0 aliphatic heterocycles. The van der Waals surface area contributed by atoms with Crippen molar-refractivity contribution in [2.24, 2.45) is 0 Å². The molecule has 0 radical (unpaired) electrons. The van der Waals surface area contributed by atoms with E-state index in [0.717, 1.165) is 5.69 Å². The Balaban J connectivity index is 1.73. The van der Waals surface area contributed by atoms with Crippen molar-refractivity contribution in [2.75, 3.05) is 5.32 Å². The first kappa shape index (κ1) is 14.2. The Morgan fingerprint density at radius 3 is 2.70 bits per heavy atom. The van der Waals surface area contributed by atoms with Crippen molar-refractivity contribution >= 4 is 11.6 Å². The molecule has 2 aromatic rings. The summed E-state index contributed by atoms with van der Waals surface area (Å²) in [6.45, 7) is 4.03. The van der Waals surface area contributed by atoms with Gasteiger partial charge < -0.3 is 9.84 Å². The molecule has 1 amide bonds. The summed E-state index contributed by atoms with van der Waals surface area (Å²) in [5.74, 6) is 1.57. The second-order valence-electron chi connectivity index (χ2n) is 4.97. The second kappa shape index (κ2) is 6.84. The summed E-state index contributed by atoms with van der Waals surface area (Å²) in [6, 6.07) is 9.43. The number of hydrogen-bond donors (Lipinski definition) is 1. The number of benzene rings is 1. The van der Waals surface area contributed by atoms with Gasteiger partial charge in [-0.2, -0.15) is 4.98 Å². The van der Waals surface area contributed by atoms with Gasteiger partial charge in [0.1, 0.15) is 0 Å². The number of aryl methyl sites for hydroxylation is 1. The standard InChI is InChI=1S/C15H19N3O2/c1-11(2)15-17-14(20-18-15)10-6-9-13(19)16-12-7-4-3-5-8-12/h3-5,7-8,11H,6,9-10H2,1-2H3,(H,16,19). The summed E-state index contributed by atoms with van der Waals surface area (Å²) in [5, 5.41) is 6.74. The third-order valence-electron chi connectivity index (χ3n) is 2.85. The Morgan fingerprint density at radius 2 is 2.05 bits per heavy atom. The molecular weight excluding hydrogens is 254 g/mol. The molecule has 0 saturated heterocycles. The number of para-hydroxylation sites is 1. The van der Waals surface area contributed by atoms with Crippen LogP contribution in [0.15, 0.2) is 34.9 Å². The number of aromatic nitrogens is 2. The number of carbonyl (C=O) groups is 1. The summed E-state index contributed by atoms with van der Waals surface area (Å²) in [7, 11) is 0. The molecule has 0 atom stereocenters. The molecule has 1 N–H and O–H groups in total. The first-order valence-electron chi connectivity index (χ1n) is 6.82. The molecule has 0 aliphatic carbocycles. The molecule has 1 aromatic heterocycles. The van der Waals surface area contributed by atoms with E-state index in [1.165, 1.54) is 0 Å². The number of nitrogens with zero attached hydrogens (tertiary/aromatic N) is 2. The SMILES string of the molecule is CC(C)c1noc(CCCC(=O)Nc2ccccc2)n1. The maximum absolute atomic E-state index is 11.7. The number of nitrogens with one attached hydrogen (secondary N) is 1. The fraction of sp³-hybridized carbons (Fsp3) is 0.400. The maximum atomic E-state index is 11.7. The predicted octanol–water partition coefficient (Wildman–Crippen LogP) is 3.15. The number of rotatable bonds is 6. The lowest BCUT2D eigenvalue weighted by atomic mass is 10.2. The second-order valence-corrected chi connectivity index (χ2v) is 4.97. The maximum Gasteiger partial charge on any atom is 0.226 e. The lowest BCUT2D eigenvalue weighted by Gasteiger charge is -2.03. The Morgan fingerprint density at radius 1 is 1.30 bits per heavy atom. The first-order chi connectivity index (χ1) is 9.65. The molecule has 106 valence electrons. The van der Waals surface area contributed by atoms with Gasteiger partial charge in [0.2, 0.25) is 11.8 Å². The van der Waals surface area contributed by atoms with Crippen LogP contribution in [0.3, 0.4) is 0 Å². The van der Waals surface area contributed by atoms with Gasteiger partial charge in [-0.3, -0.25) is 4.79 Å². The van der Waals surface area contributed by atoms with Crippen molar-refractivity contribution < 1.29 is 9.32 Å². The van der Waals surface area contributed by atoms with Gasteiger partial charge >= 0.3 is 0 Å². The molecule has 0 unspecified atom stereocenters. The van der Waals surface area contributed by atoms with Crippen LogP contribution in [0.4, 0.5) is 5.69 Å². The molecule has 0 aliphatic rings. The van der Waals surface area contributed by atoms with E-state index in [-0.39, 0.29) is 11.8 Å². The van der Waals surface area contributed by atoms with E-state index in [1.54, 1.807) is 0 Å². The van der Waals surface area contributed by atoms with Crippen LogP contribution in [-0.2, 0) is 11.2 Å². The fourth-order valence-corrected chi connectivity index (χ4v) is 1.75. The van der Waals surface area contributed by atoms with Crippen LogP contribution >= 0.6 is 0 Å². The third-order valence-corrected chi connectivity index (χ3v) is 2.85. The van der Waals surface area contributed by atoms with Crippen LogP contribution in [-0.4, -0.2) is 16.0 Å². The van der Waals surface area contributed by atoms with Crippen molar-refractivity contribution in [1.82, 2.24) is 10.1 Å².